The molecule has 1 atom stereocenters. The molecule has 1 fully saturated rings. The molecule has 424 valence electrons. The normalized spacial score (nSPS) is 12.9. The Hall–Kier alpha value is -5.91. The third-order valence-corrected chi connectivity index (χ3v) is 14.2. The monoisotopic (exact) mass is 1070 g/mol. The molecular weight excluding hydrogens is 978 g/mol. The maximum atomic E-state index is 15.5. The lowest BCUT2D eigenvalue weighted by Crippen LogP contribution is -2.45. The van der Waals surface area contributed by atoms with Crippen molar-refractivity contribution in [1.82, 2.24) is 35.8 Å². The van der Waals surface area contributed by atoms with Crippen LogP contribution in [0.4, 0.5) is 4.39 Å². The van der Waals surface area contributed by atoms with Crippen molar-refractivity contribution in [2.24, 2.45) is 22.8 Å². The molecule has 0 unspecified atom stereocenters. The van der Waals surface area contributed by atoms with Crippen LogP contribution in [0.3, 0.4) is 0 Å². The van der Waals surface area contributed by atoms with Crippen molar-refractivity contribution in [3.05, 3.63) is 95.1 Å². The van der Waals surface area contributed by atoms with Crippen LogP contribution in [0.25, 0.3) is 11.1 Å². The lowest BCUT2D eigenvalue weighted by molar-refractivity contribution is -0.137. The Labute approximate surface area is 457 Å². The summed E-state index contributed by atoms with van der Waals surface area (Å²) in [6.07, 6.45) is 22.2. The molecule has 1 aromatic heterocycles. The average Bonchev–Trinajstić information content (AvgIpc) is 4.17. The largest absolute Gasteiger partial charge is 0.497 e. The first-order valence-corrected chi connectivity index (χ1v) is 28.5. The van der Waals surface area contributed by atoms with Crippen molar-refractivity contribution >= 4 is 23.7 Å². The number of hydrogen-bond acceptors (Lipinski definition) is 11. The van der Waals surface area contributed by atoms with Crippen LogP contribution in [0.1, 0.15) is 158 Å². The Morgan fingerprint density at radius 2 is 1.40 bits per heavy atom. The van der Waals surface area contributed by atoms with Gasteiger partial charge in [0.2, 0.25) is 17.7 Å². The molecule has 1 saturated carbocycles. The fourth-order valence-electron chi connectivity index (χ4n) is 10.1. The Morgan fingerprint density at radius 1 is 0.766 bits per heavy atom. The van der Waals surface area contributed by atoms with Crippen LogP contribution in [0, 0.1) is 17.2 Å². The van der Waals surface area contributed by atoms with Crippen LogP contribution in [-0.4, -0.2) is 108 Å². The Balaban J connectivity index is 0.941. The van der Waals surface area contributed by atoms with E-state index in [1.54, 1.807) is 24.1 Å². The summed E-state index contributed by atoms with van der Waals surface area (Å²) >= 11 is 0. The quantitative estimate of drug-likeness (QED) is 0.0229. The zero-order valence-corrected chi connectivity index (χ0v) is 46.4. The topological polar surface area (TPSA) is 229 Å². The molecule has 8 N–H and O–H groups in total. The predicted molar refractivity (Wildman–Crippen MR) is 301 cm³/mol. The minimum Gasteiger partial charge on any atom is -0.497 e. The van der Waals surface area contributed by atoms with Gasteiger partial charge in [-0.05, 0) is 115 Å². The zero-order chi connectivity index (χ0) is 55.3. The number of carbonyl (C=O) groups is 4. The van der Waals surface area contributed by atoms with E-state index in [0.717, 1.165) is 72.9 Å². The fourth-order valence-corrected chi connectivity index (χ4v) is 10.1. The molecular formula is C60H90FN9O7. The van der Waals surface area contributed by atoms with Crippen LogP contribution in [0.15, 0.2) is 66.9 Å². The van der Waals surface area contributed by atoms with E-state index < -0.39 is 5.97 Å². The molecule has 16 nitrogen and oxygen atoms in total. The van der Waals surface area contributed by atoms with Gasteiger partial charge in [0.15, 0.2) is 0 Å². The van der Waals surface area contributed by atoms with Gasteiger partial charge < -0.3 is 42.0 Å². The molecule has 0 bridgehead atoms. The second-order valence-electron chi connectivity index (χ2n) is 21.8. The molecule has 4 aromatic rings. The number of nitrogens with zero attached hydrogens (tertiary/aromatic N) is 4. The Morgan fingerprint density at radius 3 is 2.03 bits per heavy atom. The summed E-state index contributed by atoms with van der Waals surface area (Å²) < 4.78 is 29.3. The summed E-state index contributed by atoms with van der Waals surface area (Å²) in [6, 6.07) is 18.7. The summed E-state index contributed by atoms with van der Waals surface area (Å²) in [5, 5.41) is 27.0. The molecule has 1 heterocycles. The minimum atomic E-state index is -0.787. The molecule has 17 heteroatoms. The number of hydrogen-bond donors (Lipinski definition) is 6. The minimum absolute atomic E-state index is 0.0185. The molecule has 0 aliphatic heterocycles. The van der Waals surface area contributed by atoms with Gasteiger partial charge in [-0.1, -0.05) is 120 Å². The van der Waals surface area contributed by atoms with Gasteiger partial charge in [0.25, 0.3) is 0 Å². The van der Waals surface area contributed by atoms with Crippen molar-refractivity contribution in [3.63, 3.8) is 0 Å². The number of carbonyl (C=O) groups excluding carboxylic acids is 3. The van der Waals surface area contributed by atoms with Crippen LogP contribution in [0.2, 0.25) is 0 Å². The number of aromatic nitrogens is 3. The Kier molecular flexibility index (Phi) is 27.4. The molecule has 1 aliphatic carbocycles. The highest BCUT2D eigenvalue weighted by atomic mass is 19.1. The van der Waals surface area contributed by atoms with E-state index in [4.69, 9.17) is 20.9 Å². The molecule has 77 heavy (non-hydrogen) atoms. The van der Waals surface area contributed by atoms with E-state index >= 15 is 4.39 Å². The first-order chi connectivity index (χ1) is 37.2. The van der Waals surface area contributed by atoms with Crippen molar-refractivity contribution < 1.29 is 38.1 Å². The van der Waals surface area contributed by atoms with Crippen molar-refractivity contribution in [2.75, 3.05) is 59.5 Å². The zero-order valence-electron chi connectivity index (χ0n) is 46.4. The highest BCUT2D eigenvalue weighted by molar-refractivity contribution is 5.81. The maximum Gasteiger partial charge on any atom is 0.303 e. The number of aryl methyl sites for hydroxylation is 1. The van der Waals surface area contributed by atoms with Crippen LogP contribution >= 0.6 is 0 Å². The summed E-state index contributed by atoms with van der Waals surface area (Å²) in [7, 11) is 1.58. The Bertz CT molecular complexity index is 2390. The van der Waals surface area contributed by atoms with E-state index in [1.165, 1.54) is 63.9 Å². The number of unbranched alkanes of at least 4 members (excludes halogenated alkanes) is 12. The number of rotatable bonds is 41. The van der Waals surface area contributed by atoms with Gasteiger partial charge in [0.1, 0.15) is 23.9 Å². The fraction of sp³-hybridized carbons (Fsp3) is 0.600. The SMILES string of the molecule is COc1ccc(F)c(-c2ccc(COc3cccc([C@@H](CC(=O)O)C4CC4)c3)cc2CC(C)(C)Cn2cc(CCCCCCCCCCCCCCCC(=O)NCCCN(CC(=O)NCCN)CC(=O)NCCN)nn2)c1. The number of methoxy groups -OCH3 is 1. The average molecular weight is 1070 g/mol. The first kappa shape index (κ1) is 61.9. The van der Waals surface area contributed by atoms with Crippen LogP contribution < -0.4 is 36.9 Å². The second kappa shape index (κ2) is 34.1. The number of nitrogens with one attached hydrogen (secondary N) is 3. The van der Waals surface area contributed by atoms with Gasteiger partial charge >= 0.3 is 5.97 Å². The van der Waals surface area contributed by atoms with Crippen LogP contribution in [0.5, 0.6) is 11.5 Å². The predicted octanol–water partition coefficient (Wildman–Crippen LogP) is 8.87. The first-order valence-electron chi connectivity index (χ1n) is 28.5. The molecule has 3 amide bonds. The molecule has 0 saturated heterocycles. The van der Waals surface area contributed by atoms with E-state index in [0.29, 0.717) is 94.7 Å². The van der Waals surface area contributed by atoms with E-state index in [-0.39, 0.29) is 54.4 Å². The van der Waals surface area contributed by atoms with E-state index in [2.05, 4.69) is 52.4 Å². The third-order valence-electron chi connectivity index (χ3n) is 14.2. The number of amides is 3. The second-order valence-corrected chi connectivity index (χ2v) is 21.8. The van der Waals surface area contributed by atoms with Gasteiger partial charge in [-0.15, -0.1) is 5.10 Å². The number of halogens is 1. The van der Waals surface area contributed by atoms with Gasteiger partial charge in [-0.25, -0.2) is 4.39 Å². The number of benzene rings is 3. The van der Waals surface area contributed by atoms with Gasteiger partial charge in [-0.3, -0.25) is 28.8 Å². The smallest absolute Gasteiger partial charge is 0.303 e. The third kappa shape index (κ3) is 24.1. The molecule has 5 rings (SSSR count). The lowest BCUT2D eigenvalue weighted by atomic mass is 9.82. The molecule has 0 radical (unpaired) electrons. The molecule has 3 aromatic carbocycles. The van der Waals surface area contributed by atoms with E-state index in [9.17, 15) is 24.3 Å². The van der Waals surface area contributed by atoms with Crippen molar-refractivity contribution in [3.8, 4) is 22.6 Å². The number of aliphatic carboxylic acids is 1. The highest BCUT2D eigenvalue weighted by Crippen LogP contribution is 2.45. The van der Waals surface area contributed by atoms with Gasteiger partial charge in [0, 0.05) is 64.0 Å². The number of nitrogens with two attached hydrogens (primary N) is 2. The van der Waals surface area contributed by atoms with E-state index in [1.807, 2.05) is 41.1 Å². The van der Waals surface area contributed by atoms with Crippen molar-refractivity contribution in [2.45, 2.75) is 161 Å². The molecule has 0 spiro atoms. The molecule has 1 aliphatic rings. The number of carboxylic acids is 1. The summed E-state index contributed by atoms with van der Waals surface area (Å²) in [5.41, 5.74) is 15.9. The summed E-state index contributed by atoms with van der Waals surface area (Å²) in [4.78, 5) is 50.2. The standard InChI is InChI=1S/C60H90FN9O7/c1-60(2,39-48-35-45(23-27-52(48)54-37-50(76-3)26-28-55(54)61)43-77-51-21-17-19-47(36-51)53(38-59(74)75)46-24-25-46)44-70-40-49(67-68-70)20-15-13-11-9-7-5-4-6-8-10-12-14-16-22-56(71)64-31-18-34-69(41-57(72)65-32-29-62)42-58(73)66-33-30-63/h17,19,21,23,26-28,35-37,40,46,53H,4-16,18,20,22,24-25,29-34,38-39,41-44,62-63H2,1-3H3,(H,64,71)(H,65,72)(H,66,73)(H,74,75)/t53-/m0/s1. The van der Waals surface area contributed by atoms with Crippen LogP contribution in [-0.2, 0) is 45.2 Å². The van der Waals surface area contributed by atoms with Crippen molar-refractivity contribution in [1.29, 1.82) is 0 Å². The number of ether oxygens (including phenoxy) is 2. The number of carboxylic acid groups (broad SMARTS) is 1. The maximum absolute atomic E-state index is 15.5. The summed E-state index contributed by atoms with van der Waals surface area (Å²) in [5.74, 6) is 0.218. The van der Waals surface area contributed by atoms with Gasteiger partial charge in [0.05, 0.1) is 32.3 Å². The highest BCUT2D eigenvalue weighted by Gasteiger charge is 2.34. The summed E-state index contributed by atoms with van der Waals surface area (Å²) in [6.45, 7) is 7.95. The van der Waals surface area contributed by atoms with Gasteiger partial charge in [-0.2, -0.15) is 0 Å². The lowest BCUT2D eigenvalue weighted by Gasteiger charge is -2.26.